The molecule has 0 fully saturated rings. The van der Waals surface area contributed by atoms with Crippen LogP contribution in [0.15, 0.2) is 33.7 Å². The van der Waals surface area contributed by atoms with Crippen molar-refractivity contribution in [2.24, 2.45) is 0 Å². The van der Waals surface area contributed by atoms with Crippen LogP contribution in [0.1, 0.15) is 42.3 Å². The number of rotatable bonds is 4. The predicted octanol–water partition coefficient (Wildman–Crippen LogP) is 3.39. The fourth-order valence-electron chi connectivity index (χ4n) is 2.04. The highest BCUT2D eigenvalue weighted by atomic mass is 32.2. The zero-order valence-electron chi connectivity index (χ0n) is 12.2. The Hall–Kier alpha value is -1.62. The molecule has 0 bridgehead atoms. The highest BCUT2D eigenvalue weighted by molar-refractivity contribution is 7.90. The van der Waals surface area contributed by atoms with Crippen LogP contribution in [0.25, 0.3) is 0 Å². The zero-order valence-corrected chi connectivity index (χ0v) is 13.0. The number of nitrogens with zero attached hydrogens (tertiary/aromatic N) is 1. The molecule has 1 aromatic carbocycles. The Kier molecular flexibility index (Phi) is 3.99. The molecule has 0 saturated carbocycles. The lowest BCUT2D eigenvalue weighted by molar-refractivity contribution is 0.392. The number of hydrogen-bond donors (Lipinski definition) is 0. The molecular weight excluding hydrogens is 274 g/mol. The maximum atomic E-state index is 12.4. The SMILES string of the molecule is Cc1noc(C)c1CS(=O)(=O)c1ccc(C(C)C)cc1. The van der Waals surface area contributed by atoms with Crippen LogP contribution in [0.3, 0.4) is 0 Å². The van der Waals surface area contributed by atoms with Gasteiger partial charge in [0.1, 0.15) is 5.76 Å². The molecule has 20 heavy (non-hydrogen) atoms. The van der Waals surface area contributed by atoms with Crippen LogP contribution < -0.4 is 0 Å². The lowest BCUT2D eigenvalue weighted by Crippen LogP contribution is -2.06. The summed E-state index contributed by atoms with van der Waals surface area (Å²) in [6.45, 7) is 7.64. The van der Waals surface area contributed by atoms with Crippen LogP contribution in [0.2, 0.25) is 0 Å². The number of sulfone groups is 1. The number of benzene rings is 1. The summed E-state index contributed by atoms with van der Waals surface area (Å²) in [5.74, 6) is 0.869. The van der Waals surface area contributed by atoms with E-state index in [9.17, 15) is 8.42 Å². The van der Waals surface area contributed by atoms with Crippen LogP contribution in [0.4, 0.5) is 0 Å². The van der Waals surface area contributed by atoms with Crippen molar-refractivity contribution in [3.63, 3.8) is 0 Å². The second-order valence-electron chi connectivity index (χ2n) is 5.29. The summed E-state index contributed by atoms with van der Waals surface area (Å²) in [4.78, 5) is 0.335. The maximum absolute atomic E-state index is 12.4. The van der Waals surface area contributed by atoms with Crippen molar-refractivity contribution >= 4 is 9.84 Å². The summed E-state index contributed by atoms with van der Waals surface area (Å²) in [6.07, 6.45) is 0. The Bertz CT molecular complexity index is 678. The van der Waals surface area contributed by atoms with Crippen molar-refractivity contribution in [2.75, 3.05) is 0 Å². The van der Waals surface area contributed by atoms with Gasteiger partial charge in [0.25, 0.3) is 0 Å². The summed E-state index contributed by atoms with van der Waals surface area (Å²) in [7, 11) is -3.37. The second-order valence-corrected chi connectivity index (χ2v) is 7.28. The normalized spacial score (nSPS) is 12.1. The van der Waals surface area contributed by atoms with Gasteiger partial charge in [0.05, 0.1) is 16.3 Å². The van der Waals surface area contributed by atoms with Gasteiger partial charge in [-0.3, -0.25) is 0 Å². The molecule has 5 heteroatoms. The Morgan fingerprint density at radius 2 is 1.75 bits per heavy atom. The van der Waals surface area contributed by atoms with Crippen molar-refractivity contribution in [1.82, 2.24) is 5.16 Å². The third-order valence-corrected chi connectivity index (χ3v) is 5.08. The van der Waals surface area contributed by atoms with Gasteiger partial charge >= 0.3 is 0 Å². The lowest BCUT2D eigenvalue weighted by atomic mass is 10.0. The number of aryl methyl sites for hydroxylation is 2. The number of aromatic nitrogens is 1. The van der Waals surface area contributed by atoms with E-state index in [0.29, 0.717) is 27.8 Å². The molecule has 0 spiro atoms. The smallest absolute Gasteiger partial charge is 0.182 e. The maximum Gasteiger partial charge on any atom is 0.182 e. The van der Waals surface area contributed by atoms with Crippen molar-refractivity contribution in [1.29, 1.82) is 0 Å². The van der Waals surface area contributed by atoms with Gasteiger partial charge in [-0.05, 0) is 37.5 Å². The van der Waals surface area contributed by atoms with Crippen molar-refractivity contribution in [2.45, 2.75) is 44.3 Å². The Balaban J connectivity index is 2.31. The molecule has 0 aliphatic rings. The van der Waals surface area contributed by atoms with Gasteiger partial charge in [-0.2, -0.15) is 0 Å². The van der Waals surface area contributed by atoms with Crippen molar-refractivity contribution in [3.8, 4) is 0 Å². The first kappa shape index (κ1) is 14.8. The van der Waals surface area contributed by atoms with E-state index in [1.807, 2.05) is 12.1 Å². The average Bonchev–Trinajstić information content (AvgIpc) is 2.70. The molecule has 2 rings (SSSR count). The molecule has 0 radical (unpaired) electrons. The van der Waals surface area contributed by atoms with E-state index in [0.717, 1.165) is 5.56 Å². The van der Waals surface area contributed by atoms with E-state index < -0.39 is 9.84 Å². The highest BCUT2D eigenvalue weighted by Gasteiger charge is 2.20. The zero-order chi connectivity index (χ0) is 14.9. The van der Waals surface area contributed by atoms with Gasteiger partial charge in [-0.1, -0.05) is 31.1 Å². The van der Waals surface area contributed by atoms with Crippen LogP contribution in [-0.2, 0) is 15.6 Å². The summed E-state index contributed by atoms with van der Waals surface area (Å²) >= 11 is 0. The standard InChI is InChI=1S/C15H19NO3S/c1-10(2)13-5-7-14(8-6-13)20(17,18)9-15-11(3)16-19-12(15)4/h5-8,10H,9H2,1-4H3. The summed E-state index contributed by atoms with van der Waals surface area (Å²) < 4.78 is 29.8. The van der Waals surface area contributed by atoms with E-state index >= 15 is 0 Å². The summed E-state index contributed by atoms with van der Waals surface area (Å²) in [5.41, 5.74) is 2.41. The summed E-state index contributed by atoms with van der Waals surface area (Å²) in [6, 6.07) is 7.07. The summed E-state index contributed by atoms with van der Waals surface area (Å²) in [5, 5.41) is 3.79. The first-order valence-electron chi connectivity index (χ1n) is 6.55. The van der Waals surface area contributed by atoms with Gasteiger partial charge in [-0.25, -0.2) is 8.42 Å². The molecular formula is C15H19NO3S. The van der Waals surface area contributed by atoms with Crippen LogP contribution in [0, 0.1) is 13.8 Å². The molecule has 0 unspecified atom stereocenters. The Morgan fingerprint density at radius 1 is 1.15 bits per heavy atom. The minimum Gasteiger partial charge on any atom is -0.361 e. The fraction of sp³-hybridized carbons (Fsp3) is 0.400. The van der Waals surface area contributed by atoms with E-state index in [4.69, 9.17) is 4.52 Å². The highest BCUT2D eigenvalue weighted by Crippen LogP contribution is 2.23. The van der Waals surface area contributed by atoms with Crippen LogP contribution in [-0.4, -0.2) is 13.6 Å². The molecule has 0 saturated heterocycles. The Morgan fingerprint density at radius 3 is 2.20 bits per heavy atom. The molecule has 0 amide bonds. The van der Waals surface area contributed by atoms with E-state index in [2.05, 4.69) is 19.0 Å². The molecule has 0 atom stereocenters. The van der Waals surface area contributed by atoms with Crippen molar-refractivity contribution < 1.29 is 12.9 Å². The first-order valence-corrected chi connectivity index (χ1v) is 8.21. The minimum absolute atomic E-state index is 0.0742. The molecule has 2 aromatic rings. The predicted molar refractivity (Wildman–Crippen MR) is 77.4 cm³/mol. The third-order valence-electron chi connectivity index (χ3n) is 3.42. The Labute approximate surface area is 119 Å². The molecule has 4 nitrogen and oxygen atoms in total. The number of hydrogen-bond acceptors (Lipinski definition) is 4. The molecule has 108 valence electrons. The van der Waals surface area contributed by atoms with Gasteiger partial charge in [0.2, 0.25) is 0 Å². The van der Waals surface area contributed by atoms with Crippen LogP contribution >= 0.6 is 0 Å². The monoisotopic (exact) mass is 293 g/mol. The van der Waals surface area contributed by atoms with E-state index in [-0.39, 0.29) is 5.75 Å². The first-order chi connectivity index (χ1) is 9.31. The van der Waals surface area contributed by atoms with Gasteiger partial charge < -0.3 is 4.52 Å². The molecule has 1 aromatic heterocycles. The lowest BCUT2D eigenvalue weighted by Gasteiger charge is -2.08. The largest absolute Gasteiger partial charge is 0.361 e. The minimum atomic E-state index is -3.37. The van der Waals surface area contributed by atoms with E-state index in [1.165, 1.54) is 0 Å². The second kappa shape index (κ2) is 5.40. The van der Waals surface area contributed by atoms with Crippen molar-refractivity contribution in [3.05, 3.63) is 46.8 Å². The molecule has 1 heterocycles. The molecule has 0 aliphatic heterocycles. The average molecular weight is 293 g/mol. The van der Waals surface area contributed by atoms with Gasteiger partial charge in [-0.15, -0.1) is 0 Å². The third kappa shape index (κ3) is 2.93. The van der Waals surface area contributed by atoms with E-state index in [1.54, 1.807) is 26.0 Å². The molecule has 0 aliphatic carbocycles. The quantitative estimate of drug-likeness (QED) is 0.867. The topological polar surface area (TPSA) is 60.2 Å². The fourth-order valence-corrected chi connectivity index (χ4v) is 3.55. The molecule has 0 N–H and O–H groups in total. The van der Waals surface area contributed by atoms with Gasteiger partial charge in [0.15, 0.2) is 9.84 Å². The van der Waals surface area contributed by atoms with Gasteiger partial charge in [0, 0.05) is 5.56 Å². The van der Waals surface area contributed by atoms with Crippen LogP contribution in [0.5, 0.6) is 0 Å².